The molecule has 9 heteroatoms. The number of nitrogens with zero attached hydrogens (tertiary/aromatic N) is 4. The van der Waals surface area contributed by atoms with Crippen molar-refractivity contribution in [2.45, 2.75) is 25.3 Å². The van der Waals surface area contributed by atoms with Crippen molar-refractivity contribution < 1.29 is 9.26 Å². The summed E-state index contributed by atoms with van der Waals surface area (Å²) in [5.74, 6) is 1.96. The minimum atomic E-state index is 0.430. The van der Waals surface area contributed by atoms with Gasteiger partial charge < -0.3 is 24.8 Å². The van der Waals surface area contributed by atoms with E-state index >= 15 is 0 Å². The van der Waals surface area contributed by atoms with Crippen LogP contribution < -0.4 is 10.6 Å². The van der Waals surface area contributed by atoms with Crippen LogP contribution in [-0.2, 0) is 11.2 Å². The molecule has 8 nitrogen and oxygen atoms in total. The number of halogens is 1. The van der Waals surface area contributed by atoms with E-state index in [0.29, 0.717) is 35.7 Å². The average molecular weight is 421 g/mol. The molecule has 3 rings (SSSR count). The zero-order valence-electron chi connectivity index (χ0n) is 17.0. The van der Waals surface area contributed by atoms with E-state index in [9.17, 15) is 0 Å². The fraction of sp³-hybridized carbons (Fsp3) is 0.550. The van der Waals surface area contributed by atoms with Crippen LogP contribution in [0.25, 0.3) is 11.4 Å². The molecule has 1 aliphatic heterocycles. The zero-order chi connectivity index (χ0) is 20.5. The second-order valence-corrected chi connectivity index (χ2v) is 7.46. The van der Waals surface area contributed by atoms with Crippen molar-refractivity contribution in [1.82, 2.24) is 25.7 Å². The van der Waals surface area contributed by atoms with Crippen molar-refractivity contribution in [3.05, 3.63) is 35.2 Å². The standard InChI is InChI=1S/C20H29ClN6O2/c1-22-20(24-17-8-11-27(12-9-17)13-14-28-2)23-10-7-18-25-19(26-29-18)15-3-5-16(21)6-4-15/h3-6,17H,7-14H2,1-2H3,(H2,22,23,24). The minimum absolute atomic E-state index is 0.430. The van der Waals surface area contributed by atoms with Crippen LogP contribution in [0, 0.1) is 0 Å². The number of nitrogens with one attached hydrogen (secondary N) is 2. The number of methoxy groups -OCH3 is 1. The van der Waals surface area contributed by atoms with Gasteiger partial charge in [-0.15, -0.1) is 0 Å². The number of aromatic nitrogens is 2. The number of likely N-dealkylation sites (tertiary alicyclic amines) is 1. The predicted octanol–water partition coefficient (Wildman–Crippen LogP) is 2.21. The van der Waals surface area contributed by atoms with Gasteiger partial charge in [-0.1, -0.05) is 16.8 Å². The Morgan fingerprint density at radius 3 is 2.76 bits per heavy atom. The highest BCUT2D eigenvalue weighted by Crippen LogP contribution is 2.18. The number of aliphatic imine (C=N–C) groups is 1. The van der Waals surface area contributed by atoms with Gasteiger partial charge in [0.2, 0.25) is 11.7 Å². The Hall–Kier alpha value is -2.16. The lowest BCUT2D eigenvalue weighted by Crippen LogP contribution is -2.49. The molecule has 1 aromatic heterocycles. The average Bonchev–Trinajstić information content (AvgIpc) is 3.22. The molecule has 2 N–H and O–H groups in total. The topological polar surface area (TPSA) is 87.8 Å². The highest BCUT2D eigenvalue weighted by atomic mass is 35.5. The van der Waals surface area contributed by atoms with Crippen molar-refractivity contribution in [2.24, 2.45) is 4.99 Å². The molecule has 0 radical (unpaired) electrons. The van der Waals surface area contributed by atoms with Crippen molar-refractivity contribution in [3.63, 3.8) is 0 Å². The van der Waals surface area contributed by atoms with Gasteiger partial charge in [0.05, 0.1) is 6.61 Å². The molecular formula is C20H29ClN6O2. The summed E-state index contributed by atoms with van der Waals surface area (Å²) >= 11 is 5.92. The Balaban J connectivity index is 1.40. The van der Waals surface area contributed by atoms with E-state index in [1.54, 1.807) is 14.2 Å². The van der Waals surface area contributed by atoms with Crippen LogP contribution in [0.2, 0.25) is 5.02 Å². The second-order valence-electron chi connectivity index (χ2n) is 7.02. The molecule has 1 fully saturated rings. The minimum Gasteiger partial charge on any atom is -0.383 e. The van der Waals surface area contributed by atoms with Crippen LogP contribution in [-0.4, -0.2) is 74.0 Å². The van der Waals surface area contributed by atoms with Crippen LogP contribution in [0.5, 0.6) is 0 Å². The van der Waals surface area contributed by atoms with E-state index in [2.05, 4.69) is 30.7 Å². The van der Waals surface area contributed by atoms with Crippen LogP contribution in [0.1, 0.15) is 18.7 Å². The van der Waals surface area contributed by atoms with Crippen molar-refractivity contribution >= 4 is 17.6 Å². The van der Waals surface area contributed by atoms with Crippen LogP contribution in [0.3, 0.4) is 0 Å². The number of benzene rings is 1. The monoisotopic (exact) mass is 420 g/mol. The van der Waals surface area contributed by atoms with Crippen molar-refractivity contribution in [1.29, 1.82) is 0 Å². The third kappa shape index (κ3) is 6.69. The molecule has 0 saturated carbocycles. The van der Waals surface area contributed by atoms with Gasteiger partial charge in [-0.05, 0) is 37.1 Å². The molecular weight excluding hydrogens is 392 g/mol. The van der Waals surface area contributed by atoms with E-state index in [0.717, 1.165) is 50.6 Å². The normalized spacial score (nSPS) is 16.2. The Morgan fingerprint density at radius 1 is 1.31 bits per heavy atom. The molecule has 2 heterocycles. The molecule has 0 amide bonds. The van der Waals surface area contributed by atoms with Gasteiger partial charge in [0.15, 0.2) is 5.96 Å². The van der Waals surface area contributed by atoms with E-state index in [4.69, 9.17) is 20.9 Å². The van der Waals surface area contributed by atoms with E-state index in [-0.39, 0.29) is 0 Å². The number of piperidine rings is 1. The summed E-state index contributed by atoms with van der Waals surface area (Å²) < 4.78 is 10.5. The molecule has 158 valence electrons. The van der Waals surface area contributed by atoms with Crippen LogP contribution in [0.4, 0.5) is 0 Å². The van der Waals surface area contributed by atoms with Gasteiger partial charge in [-0.25, -0.2) is 0 Å². The molecule has 0 spiro atoms. The van der Waals surface area contributed by atoms with E-state index in [1.807, 2.05) is 24.3 Å². The maximum Gasteiger partial charge on any atom is 0.228 e. The molecule has 29 heavy (non-hydrogen) atoms. The number of ether oxygens (including phenoxy) is 1. The Labute approximate surface area is 176 Å². The lowest BCUT2D eigenvalue weighted by molar-refractivity contribution is 0.128. The first kappa shape index (κ1) is 21.5. The number of rotatable bonds is 8. The molecule has 1 aromatic carbocycles. The summed E-state index contributed by atoms with van der Waals surface area (Å²) in [6, 6.07) is 7.81. The predicted molar refractivity (Wildman–Crippen MR) is 114 cm³/mol. The van der Waals surface area contributed by atoms with Gasteiger partial charge in [-0.2, -0.15) is 4.98 Å². The molecule has 2 aromatic rings. The molecule has 1 aliphatic rings. The first-order valence-electron chi connectivity index (χ1n) is 9.95. The van der Waals surface area contributed by atoms with E-state index in [1.165, 1.54) is 0 Å². The lowest BCUT2D eigenvalue weighted by atomic mass is 10.1. The molecule has 0 unspecified atom stereocenters. The Bertz CT molecular complexity index is 772. The summed E-state index contributed by atoms with van der Waals surface area (Å²) in [4.78, 5) is 11.2. The van der Waals surface area contributed by atoms with E-state index < -0.39 is 0 Å². The maximum absolute atomic E-state index is 5.92. The number of hydrogen-bond donors (Lipinski definition) is 2. The SMILES string of the molecule is CN=C(NCCc1nc(-c2ccc(Cl)cc2)no1)NC1CCN(CCOC)CC1. The van der Waals surface area contributed by atoms with Gasteiger partial charge in [-0.3, -0.25) is 4.99 Å². The maximum atomic E-state index is 5.92. The molecule has 0 aliphatic carbocycles. The fourth-order valence-electron chi connectivity index (χ4n) is 3.27. The van der Waals surface area contributed by atoms with Crippen molar-refractivity contribution in [3.8, 4) is 11.4 Å². The largest absolute Gasteiger partial charge is 0.383 e. The van der Waals surface area contributed by atoms with Gasteiger partial charge in [0.25, 0.3) is 0 Å². The quantitative estimate of drug-likeness (QED) is 0.500. The summed E-state index contributed by atoms with van der Waals surface area (Å²) in [6.07, 6.45) is 2.81. The van der Waals surface area contributed by atoms with Crippen LogP contribution >= 0.6 is 11.6 Å². The molecule has 0 atom stereocenters. The second kappa shape index (κ2) is 11.1. The summed E-state index contributed by atoms with van der Waals surface area (Å²) in [5.41, 5.74) is 0.881. The first-order chi connectivity index (χ1) is 14.2. The highest BCUT2D eigenvalue weighted by molar-refractivity contribution is 6.30. The van der Waals surface area contributed by atoms with Gasteiger partial charge >= 0.3 is 0 Å². The third-order valence-electron chi connectivity index (χ3n) is 4.97. The first-order valence-corrected chi connectivity index (χ1v) is 10.3. The summed E-state index contributed by atoms with van der Waals surface area (Å²) in [6.45, 7) is 4.60. The number of hydrogen-bond acceptors (Lipinski definition) is 6. The Kier molecular flexibility index (Phi) is 8.27. The number of guanidine groups is 1. The molecule has 0 bridgehead atoms. The van der Waals surface area contributed by atoms with Crippen LogP contribution in [0.15, 0.2) is 33.8 Å². The fourth-order valence-corrected chi connectivity index (χ4v) is 3.40. The third-order valence-corrected chi connectivity index (χ3v) is 5.22. The molecule has 1 saturated heterocycles. The summed E-state index contributed by atoms with van der Waals surface area (Å²) in [5, 5.41) is 11.6. The van der Waals surface area contributed by atoms with Gasteiger partial charge in [0, 0.05) is 63.4 Å². The van der Waals surface area contributed by atoms with Crippen molar-refractivity contribution in [2.75, 3.05) is 46.9 Å². The smallest absolute Gasteiger partial charge is 0.228 e. The highest BCUT2D eigenvalue weighted by Gasteiger charge is 2.19. The van der Waals surface area contributed by atoms with Gasteiger partial charge in [0.1, 0.15) is 0 Å². The lowest BCUT2D eigenvalue weighted by Gasteiger charge is -2.32. The summed E-state index contributed by atoms with van der Waals surface area (Å²) in [7, 11) is 3.53. The Morgan fingerprint density at radius 2 is 2.07 bits per heavy atom. The zero-order valence-corrected chi connectivity index (χ0v) is 17.8.